The molecule has 0 radical (unpaired) electrons. The Morgan fingerprint density at radius 3 is 2.55 bits per heavy atom. The fraction of sp³-hybridized carbons (Fsp3) is 0.533. The molecule has 1 aromatic carbocycles. The zero-order valence-electron chi connectivity index (χ0n) is 12.2. The molecule has 1 N–H and O–H groups in total. The number of rotatable bonds is 7. The van der Waals surface area contributed by atoms with E-state index in [0.29, 0.717) is 18.2 Å². The SMILES string of the molecule is CCC(CC)N(CCCl)C(=O)c1cccc(OC)c1O. The Labute approximate surface area is 125 Å². The van der Waals surface area contributed by atoms with E-state index in [9.17, 15) is 9.90 Å². The van der Waals surface area contributed by atoms with Gasteiger partial charge in [0.1, 0.15) is 0 Å². The molecular formula is C15H22ClNO3. The predicted molar refractivity (Wildman–Crippen MR) is 80.8 cm³/mol. The van der Waals surface area contributed by atoms with Gasteiger partial charge in [0.15, 0.2) is 11.5 Å². The molecule has 0 spiro atoms. The van der Waals surface area contributed by atoms with Crippen molar-refractivity contribution in [2.45, 2.75) is 32.7 Å². The molecule has 0 aromatic heterocycles. The lowest BCUT2D eigenvalue weighted by molar-refractivity contribution is 0.0678. The zero-order chi connectivity index (χ0) is 15.1. The molecule has 4 nitrogen and oxygen atoms in total. The van der Waals surface area contributed by atoms with Crippen LogP contribution >= 0.6 is 11.6 Å². The van der Waals surface area contributed by atoms with Crippen LogP contribution in [0.5, 0.6) is 11.5 Å². The van der Waals surface area contributed by atoms with Crippen molar-refractivity contribution < 1.29 is 14.6 Å². The summed E-state index contributed by atoms with van der Waals surface area (Å²) in [6.45, 7) is 4.53. The number of hydrogen-bond donors (Lipinski definition) is 1. The first kappa shape index (κ1) is 16.6. The number of carbonyl (C=O) groups is 1. The van der Waals surface area contributed by atoms with E-state index in [2.05, 4.69) is 0 Å². The van der Waals surface area contributed by atoms with Crippen LogP contribution in [0.3, 0.4) is 0 Å². The summed E-state index contributed by atoms with van der Waals surface area (Å²) in [6.07, 6.45) is 1.70. The van der Waals surface area contributed by atoms with E-state index in [0.717, 1.165) is 12.8 Å². The summed E-state index contributed by atoms with van der Waals surface area (Å²) in [5.74, 6) is 0.333. The molecule has 0 aliphatic carbocycles. The van der Waals surface area contributed by atoms with Gasteiger partial charge in [-0.3, -0.25) is 4.79 Å². The molecule has 20 heavy (non-hydrogen) atoms. The van der Waals surface area contributed by atoms with Crippen molar-refractivity contribution in [3.63, 3.8) is 0 Å². The van der Waals surface area contributed by atoms with Crippen molar-refractivity contribution in [1.29, 1.82) is 0 Å². The largest absolute Gasteiger partial charge is 0.504 e. The van der Waals surface area contributed by atoms with Crippen LogP contribution in [0, 0.1) is 0 Å². The molecule has 1 rings (SSSR count). The number of benzene rings is 1. The van der Waals surface area contributed by atoms with Crippen LogP contribution in [-0.4, -0.2) is 41.5 Å². The number of phenolic OH excluding ortho intramolecular Hbond substituents is 1. The maximum atomic E-state index is 12.6. The molecule has 0 saturated heterocycles. The van der Waals surface area contributed by atoms with Gasteiger partial charge < -0.3 is 14.7 Å². The van der Waals surface area contributed by atoms with Gasteiger partial charge >= 0.3 is 0 Å². The lowest BCUT2D eigenvalue weighted by atomic mass is 10.1. The molecular weight excluding hydrogens is 278 g/mol. The summed E-state index contributed by atoms with van der Waals surface area (Å²) < 4.78 is 5.04. The monoisotopic (exact) mass is 299 g/mol. The number of halogens is 1. The van der Waals surface area contributed by atoms with Crippen LogP contribution in [0.15, 0.2) is 18.2 Å². The van der Waals surface area contributed by atoms with Crippen molar-refractivity contribution >= 4 is 17.5 Å². The maximum Gasteiger partial charge on any atom is 0.258 e. The number of methoxy groups -OCH3 is 1. The molecule has 0 saturated carbocycles. The Kier molecular flexibility index (Phi) is 6.65. The Balaban J connectivity index is 3.12. The van der Waals surface area contributed by atoms with Crippen molar-refractivity contribution in [3.8, 4) is 11.5 Å². The highest BCUT2D eigenvalue weighted by Crippen LogP contribution is 2.30. The molecule has 0 unspecified atom stereocenters. The Morgan fingerprint density at radius 2 is 2.05 bits per heavy atom. The van der Waals surface area contributed by atoms with E-state index in [4.69, 9.17) is 16.3 Å². The number of aromatic hydroxyl groups is 1. The number of para-hydroxylation sites is 1. The van der Waals surface area contributed by atoms with Crippen LogP contribution < -0.4 is 4.74 Å². The average molecular weight is 300 g/mol. The molecule has 0 fully saturated rings. The third-order valence-corrected chi connectivity index (χ3v) is 3.59. The summed E-state index contributed by atoms with van der Waals surface area (Å²) in [5, 5.41) is 10.1. The number of amides is 1. The minimum atomic E-state index is -0.212. The fourth-order valence-electron chi connectivity index (χ4n) is 2.28. The second kappa shape index (κ2) is 8.00. The van der Waals surface area contributed by atoms with Gasteiger partial charge in [0.25, 0.3) is 5.91 Å². The molecule has 112 valence electrons. The van der Waals surface area contributed by atoms with Crippen molar-refractivity contribution in [2.75, 3.05) is 19.5 Å². The van der Waals surface area contributed by atoms with Crippen LogP contribution in [-0.2, 0) is 0 Å². The fourth-order valence-corrected chi connectivity index (χ4v) is 2.47. The van der Waals surface area contributed by atoms with Crippen LogP contribution in [0.1, 0.15) is 37.0 Å². The summed E-state index contributed by atoms with van der Waals surface area (Å²) in [7, 11) is 1.46. The molecule has 0 heterocycles. The third-order valence-electron chi connectivity index (χ3n) is 3.42. The van der Waals surface area contributed by atoms with Gasteiger partial charge in [0.05, 0.1) is 12.7 Å². The van der Waals surface area contributed by atoms with Gasteiger partial charge in [-0.25, -0.2) is 0 Å². The summed E-state index contributed by atoms with van der Waals surface area (Å²) in [4.78, 5) is 14.4. The van der Waals surface area contributed by atoms with Gasteiger partial charge in [-0.15, -0.1) is 11.6 Å². The number of ether oxygens (including phenoxy) is 1. The van der Waals surface area contributed by atoms with Crippen LogP contribution in [0.2, 0.25) is 0 Å². The lowest BCUT2D eigenvalue weighted by Crippen LogP contribution is -2.41. The summed E-state index contributed by atoms with van der Waals surface area (Å²) in [5.41, 5.74) is 0.251. The van der Waals surface area contributed by atoms with Gasteiger partial charge in [0.2, 0.25) is 0 Å². The minimum Gasteiger partial charge on any atom is -0.504 e. The molecule has 1 aromatic rings. The first-order chi connectivity index (χ1) is 9.60. The highest BCUT2D eigenvalue weighted by molar-refractivity contribution is 6.18. The van der Waals surface area contributed by atoms with Gasteiger partial charge in [0, 0.05) is 18.5 Å². The van der Waals surface area contributed by atoms with Crippen molar-refractivity contribution in [3.05, 3.63) is 23.8 Å². The Hall–Kier alpha value is -1.42. The van der Waals surface area contributed by atoms with E-state index < -0.39 is 0 Å². The number of alkyl halides is 1. The smallest absolute Gasteiger partial charge is 0.258 e. The van der Waals surface area contributed by atoms with E-state index >= 15 is 0 Å². The second-order valence-corrected chi connectivity index (χ2v) is 4.89. The molecule has 0 aliphatic heterocycles. The second-order valence-electron chi connectivity index (χ2n) is 4.51. The van der Waals surface area contributed by atoms with Crippen LogP contribution in [0.25, 0.3) is 0 Å². The normalized spacial score (nSPS) is 10.7. The topological polar surface area (TPSA) is 49.8 Å². The third kappa shape index (κ3) is 3.57. The van der Waals surface area contributed by atoms with Crippen LogP contribution in [0.4, 0.5) is 0 Å². The van der Waals surface area contributed by atoms with Gasteiger partial charge in [-0.1, -0.05) is 19.9 Å². The zero-order valence-corrected chi connectivity index (χ0v) is 13.0. The number of hydrogen-bond acceptors (Lipinski definition) is 3. The van der Waals surface area contributed by atoms with E-state index in [1.807, 2.05) is 13.8 Å². The Bertz CT molecular complexity index is 447. The number of carbonyl (C=O) groups excluding carboxylic acids is 1. The maximum absolute atomic E-state index is 12.6. The minimum absolute atomic E-state index is 0.117. The molecule has 0 atom stereocenters. The lowest BCUT2D eigenvalue weighted by Gasteiger charge is -2.30. The molecule has 1 amide bonds. The first-order valence-corrected chi connectivity index (χ1v) is 7.36. The van der Waals surface area contributed by atoms with E-state index in [-0.39, 0.29) is 23.3 Å². The van der Waals surface area contributed by atoms with Gasteiger partial charge in [-0.2, -0.15) is 0 Å². The predicted octanol–water partition coefficient (Wildman–Crippen LogP) is 3.27. The highest BCUT2D eigenvalue weighted by atomic mass is 35.5. The highest BCUT2D eigenvalue weighted by Gasteiger charge is 2.25. The summed E-state index contributed by atoms with van der Waals surface area (Å²) in [6, 6.07) is 5.03. The molecule has 5 heteroatoms. The van der Waals surface area contributed by atoms with E-state index in [1.165, 1.54) is 7.11 Å². The number of phenols is 1. The number of nitrogens with zero attached hydrogens (tertiary/aromatic N) is 1. The first-order valence-electron chi connectivity index (χ1n) is 6.83. The standard InChI is InChI=1S/C15H22ClNO3/c1-4-11(5-2)17(10-9-16)15(19)12-7-6-8-13(20-3)14(12)18/h6-8,11,18H,4-5,9-10H2,1-3H3. The quantitative estimate of drug-likeness (QED) is 0.786. The van der Waals surface area contributed by atoms with Crippen molar-refractivity contribution in [2.24, 2.45) is 0 Å². The average Bonchev–Trinajstić information content (AvgIpc) is 2.47. The molecule has 0 aliphatic rings. The van der Waals surface area contributed by atoms with Gasteiger partial charge in [-0.05, 0) is 25.0 Å². The van der Waals surface area contributed by atoms with Crippen molar-refractivity contribution in [1.82, 2.24) is 4.90 Å². The Morgan fingerprint density at radius 1 is 1.40 bits per heavy atom. The van der Waals surface area contributed by atoms with E-state index in [1.54, 1.807) is 23.1 Å². The summed E-state index contributed by atoms with van der Waals surface area (Å²) >= 11 is 5.80. The molecule has 0 bridgehead atoms.